The van der Waals surface area contributed by atoms with E-state index in [9.17, 15) is 14.0 Å². The Bertz CT molecular complexity index is 1250. The Balaban J connectivity index is 1.67. The number of amides is 1. The van der Waals surface area contributed by atoms with Crippen LogP contribution in [-0.2, 0) is 11.2 Å². The van der Waals surface area contributed by atoms with Crippen LogP contribution in [0, 0.1) is 5.82 Å². The van der Waals surface area contributed by atoms with Gasteiger partial charge in [0.25, 0.3) is 11.7 Å². The minimum Gasteiger partial charge on any atom is -0.320 e. The number of rotatable bonds is 5. The molecule has 0 aliphatic rings. The summed E-state index contributed by atoms with van der Waals surface area (Å²) >= 11 is 6.61. The van der Waals surface area contributed by atoms with Crippen LogP contribution in [0.1, 0.15) is 21.6 Å². The molecule has 150 valence electrons. The molecule has 1 N–H and O–H groups in total. The Morgan fingerprint density at radius 3 is 2.57 bits per heavy atom. The van der Waals surface area contributed by atoms with Gasteiger partial charge in [-0.15, -0.1) is 0 Å². The fraction of sp³-hybridized carbons (Fsp3) is 0.0455. The van der Waals surface area contributed by atoms with Crippen molar-refractivity contribution >= 4 is 54.8 Å². The molecule has 0 atom stereocenters. The van der Waals surface area contributed by atoms with E-state index in [1.54, 1.807) is 42.6 Å². The van der Waals surface area contributed by atoms with Gasteiger partial charge >= 0.3 is 0 Å². The highest BCUT2D eigenvalue weighted by atomic mass is 79.9. The third-order valence-electron chi connectivity index (χ3n) is 4.60. The van der Waals surface area contributed by atoms with E-state index in [0.29, 0.717) is 32.3 Å². The number of carbonyl (C=O) groups excluding carboxylic acids is 2. The molecule has 0 spiro atoms. The predicted molar refractivity (Wildman–Crippen MR) is 119 cm³/mol. The highest BCUT2D eigenvalue weighted by Gasteiger charge is 2.23. The van der Waals surface area contributed by atoms with Crippen LogP contribution in [0.3, 0.4) is 0 Å². The fourth-order valence-electron chi connectivity index (χ4n) is 3.17. The van der Waals surface area contributed by atoms with Crippen LogP contribution in [-0.4, -0.2) is 21.1 Å². The summed E-state index contributed by atoms with van der Waals surface area (Å²) in [5.74, 6) is -1.74. The average molecular weight is 531 g/mol. The maximum atomic E-state index is 13.2. The van der Waals surface area contributed by atoms with Crippen LogP contribution < -0.4 is 5.32 Å². The summed E-state index contributed by atoms with van der Waals surface area (Å²) in [5.41, 5.74) is 3.01. The summed E-state index contributed by atoms with van der Waals surface area (Å²) in [7, 11) is 0. The lowest BCUT2D eigenvalue weighted by atomic mass is 10.1. The number of halogens is 3. The molecule has 1 aromatic carbocycles. The van der Waals surface area contributed by atoms with Crippen LogP contribution >= 0.6 is 31.9 Å². The van der Waals surface area contributed by atoms with Gasteiger partial charge in [0, 0.05) is 29.0 Å². The first-order chi connectivity index (χ1) is 14.4. The van der Waals surface area contributed by atoms with Crippen LogP contribution in [0.15, 0.2) is 76.1 Å². The molecular weight excluding hydrogens is 517 g/mol. The van der Waals surface area contributed by atoms with Gasteiger partial charge in [-0.25, -0.2) is 9.37 Å². The third kappa shape index (κ3) is 4.06. The number of hydrogen-bond acceptors (Lipinski definition) is 3. The molecule has 0 saturated carbocycles. The SMILES string of the molecule is O=C(Nc1c(Br)ccnc1Br)C(=O)c1cc(Cc2ccc(F)cc2)n2ccccc12. The van der Waals surface area contributed by atoms with E-state index in [1.807, 2.05) is 16.7 Å². The maximum absolute atomic E-state index is 13.2. The van der Waals surface area contributed by atoms with Crippen molar-refractivity contribution in [1.29, 1.82) is 0 Å². The summed E-state index contributed by atoms with van der Waals surface area (Å²) in [6.07, 6.45) is 3.88. The molecule has 4 rings (SSSR count). The fourth-order valence-corrected chi connectivity index (χ4v) is 4.27. The van der Waals surface area contributed by atoms with Crippen LogP contribution in [0.5, 0.6) is 0 Å². The van der Waals surface area contributed by atoms with E-state index in [-0.39, 0.29) is 5.82 Å². The molecule has 0 unspecified atom stereocenters. The molecular formula is C22H14Br2FN3O2. The van der Waals surface area contributed by atoms with Gasteiger partial charge in [0.1, 0.15) is 10.4 Å². The Labute approximate surface area is 188 Å². The lowest BCUT2D eigenvalue weighted by Gasteiger charge is -2.07. The molecule has 3 aromatic heterocycles. The first kappa shape index (κ1) is 20.4. The Hall–Kier alpha value is -2.84. The maximum Gasteiger partial charge on any atom is 0.296 e. The van der Waals surface area contributed by atoms with E-state index in [1.165, 1.54) is 12.1 Å². The van der Waals surface area contributed by atoms with Crippen LogP contribution in [0.4, 0.5) is 10.1 Å². The quantitative estimate of drug-likeness (QED) is 0.213. The largest absolute Gasteiger partial charge is 0.320 e. The highest BCUT2D eigenvalue weighted by molar-refractivity contribution is 9.11. The van der Waals surface area contributed by atoms with Crippen molar-refractivity contribution in [2.24, 2.45) is 0 Å². The van der Waals surface area contributed by atoms with Crippen molar-refractivity contribution in [3.05, 3.63) is 98.7 Å². The number of anilines is 1. The molecule has 0 saturated heterocycles. The zero-order valence-corrected chi connectivity index (χ0v) is 18.6. The summed E-state index contributed by atoms with van der Waals surface area (Å²) in [5, 5.41) is 2.61. The number of hydrogen-bond donors (Lipinski definition) is 1. The van der Waals surface area contributed by atoms with Crippen LogP contribution in [0.2, 0.25) is 0 Å². The Kier molecular flexibility index (Phi) is 5.78. The van der Waals surface area contributed by atoms with E-state index in [4.69, 9.17) is 0 Å². The second kappa shape index (κ2) is 8.49. The molecule has 0 radical (unpaired) electrons. The summed E-state index contributed by atoms with van der Waals surface area (Å²) in [6, 6.07) is 15.0. The van der Waals surface area contributed by atoms with Crippen molar-refractivity contribution in [2.45, 2.75) is 6.42 Å². The molecule has 8 heteroatoms. The predicted octanol–water partition coefficient (Wildman–Crippen LogP) is 5.41. The first-order valence-electron chi connectivity index (χ1n) is 8.93. The number of fused-ring (bicyclic) bond motifs is 1. The molecule has 3 heterocycles. The molecule has 0 fully saturated rings. The number of benzene rings is 1. The molecule has 0 aliphatic carbocycles. The summed E-state index contributed by atoms with van der Waals surface area (Å²) < 4.78 is 16.1. The summed E-state index contributed by atoms with van der Waals surface area (Å²) in [6.45, 7) is 0. The number of Topliss-reactive ketones (excluding diaryl/α,β-unsaturated/α-hetero) is 1. The van der Waals surface area contributed by atoms with Gasteiger partial charge in [-0.1, -0.05) is 18.2 Å². The number of ketones is 1. The number of carbonyl (C=O) groups is 2. The number of pyridine rings is 2. The Morgan fingerprint density at radius 2 is 1.83 bits per heavy atom. The minimum atomic E-state index is -0.769. The minimum absolute atomic E-state index is 0.293. The van der Waals surface area contributed by atoms with Gasteiger partial charge < -0.3 is 9.72 Å². The summed E-state index contributed by atoms with van der Waals surface area (Å²) in [4.78, 5) is 29.7. The Morgan fingerprint density at radius 1 is 1.07 bits per heavy atom. The van der Waals surface area contributed by atoms with Gasteiger partial charge in [0.2, 0.25) is 0 Å². The standard InChI is InChI=1S/C22H14Br2FN3O2/c23-17-8-9-26-21(24)19(17)27-22(30)20(29)16-12-15(28-10-2-1-3-18(16)28)11-13-4-6-14(25)7-5-13/h1-10,12H,11H2,(H,27,30). The number of nitrogens with zero attached hydrogens (tertiary/aromatic N) is 2. The molecule has 0 aliphatic heterocycles. The highest BCUT2D eigenvalue weighted by Crippen LogP contribution is 2.29. The van der Waals surface area contributed by atoms with E-state index in [2.05, 4.69) is 42.2 Å². The molecule has 5 nitrogen and oxygen atoms in total. The van der Waals surface area contributed by atoms with Crippen molar-refractivity contribution in [2.75, 3.05) is 5.32 Å². The smallest absolute Gasteiger partial charge is 0.296 e. The van der Waals surface area contributed by atoms with Crippen molar-refractivity contribution in [3.63, 3.8) is 0 Å². The second-order valence-corrected chi connectivity index (χ2v) is 8.16. The van der Waals surface area contributed by atoms with Gasteiger partial charge in [0.15, 0.2) is 0 Å². The zero-order valence-electron chi connectivity index (χ0n) is 15.4. The number of aromatic nitrogens is 2. The molecule has 4 aromatic rings. The zero-order chi connectivity index (χ0) is 21.3. The molecule has 0 bridgehead atoms. The third-order valence-corrected chi connectivity index (χ3v) is 5.86. The monoisotopic (exact) mass is 529 g/mol. The van der Waals surface area contributed by atoms with Crippen LogP contribution in [0.25, 0.3) is 5.52 Å². The topological polar surface area (TPSA) is 63.5 Å². The van der Waals surface area contributed by atoms with Crippen molar-refractivity contribution in [3.8, 4) is 0 Å². The van der Waals surface area contributed by atoms with Gasteiger partial charge in [-0.05, 0) is 73.8 Å². The molecule has 30 heavy (non-hydrogen) atoms. The van der Waals surface area contributed by atoms with Crippen molar-refractivity contribution in [1.82, 2.24) is 9.38 Å². The first-order valence-corrected chi connectivity index (χ1v) is 10.5. The lowest BCUT2D eigenvalue weighted by Crippen LogP contribution is -2.23. The normalized spacial score (nSPS) is 10.9. The van der Waals surface area contributed by atoms with Gasteiger partial charge in [-0.2, -0.15) is 0 Å². The average Bonchev–Trinajstić information content (AvgIpc) is 3.10. The van der Waals surface area contributed by atoms with Gasteiger partial charge in [0.05, 0.1) is 16.8 Å². The van der Waals surface area contributed by atoms with Gasteiger partial charge in [-0.3, -0.25) is 9.59 Å². The number of nitrogens with one attached hydrogen (secondary N) is 1. The lowest BCUT2D eigenvalue weighted by molar-refractivity contribution is -0.112. The van der Waals surface area contributed by atoms with E-state index in [0.717, 1.165) is 11.3 Å². The molecule has 1 amide bonds. The van der Waals surface area contributed by atoms with E-state index >= 15 is 0 Å². The van der Waals surface area contributed by atoms with Crippen molar-refractivity contribution < 1.29 is 14.0 Å². The second-order valence-electron chi connectivity index (χ2n) is 6.55. The van der Waals surface area contributed by atoms with E-state index < -0.39 is 11.7 Å².